The van der Waals surface area contributed by atoms with Crippen molar-refractivity contribution in [3.8, 4) is 0 Å². The van der Waals surface area contributed by atoms with Crippen LogP contribution < -0.4 is 0 Å². The van der Waals surface area contributed by atoms with Crippen LogP contribution in [0.2, 0.25) is 5.02 Å². The van der Waals surface area contributed by atoms with Gasteiger partial charge in [-0.05, 0) is 44.5 Å². The molecule has 1 aliphatic rings. The van der Waals surface area contributed by atoms with E-state index in [1.54, 1.807) is 0 Å². The molecule has 0 amide bonds. The van der Waals surface area contributed by atoms with Gasteiger partial charge in [0.2, 0.25) is 0 Å². The van der Waals surface area contributed by atoms with Crippen molar-refractivity contribution in [3.63, 3.8) is 0 Å². The molecular weight excluding hydrogens is 268 g/mol. The van der Waals surface area contributed by atoms with Crippen molar-refractivity contribution in [2.75, 3.05) is 13.1 Å². The van der Waals surface area contributed by atoms with E-state index in [2.05, 4.69) is 34.7 Å². The zero-order chi connectivity index (χ0) is 13.9. The van der Waals surface area contributed by atoms with Crippen LogP contribution in [-0.2, 0) is 13.1 Å². The summed E-state index contributed by atoms with van der Waals surface area (Å²) in [6.07, 6.45) is 7.75. The van der Waals surface area contributed by atoms with E-state index in [0.29, 0.717) is 0 Å². The van der Waals surface area contributed by atoms with Gasteiger partial charge in [-0.3, -0.25) is 4.90 Å². The van der Waals surface area contributed by atoms with E-state index in [9.17, 15) is 0 Å². The first kappa shape index (κ1) is 14.0. The summed E-state index contributed by atoms with van der Waals surface area (Å²) in [6.45, 7) is 6.68. The van der Waals surface area contributed by atoms with Crippen molar-refractivity contribution in [3.05, 3.63) is 35.0 Å². The van der Waals surface area contributed by atoms with Gasteiger partial charge in [0.1, 0.15) is 0 Å². The van der Waals surface area contributed by atoms with Crippen molar-refractivity contribution >= 4 is 22.5 Å². The summed E-state index contributed by atoms with van der Waals surface area (Å²) in [6, 6.07) is 6.27. The summed E-state index contributed by atoms with van der Waals surface area (Å²) in [5.74, 6) is 0. The van der Waals surface area contributed by atoms with Gasteiger partial charge in [-0.2, -0.15) is 0 Å². The molecule has 2 nitrogen and oxygen atoms in total. The Labute approximate surface area is 126 Å². The molecule has 1 aromatic carbocycles. The molecule has 20 heavy (non-hydrogen) atoms. The van der Waals surface area contributed by atoms with Gasteiger partial charge in [-0.25, -0.2) is 0 Å². The fourth-order valence-corrected chi connectivity index (χ4v) is 3.58. The van der Waals surface area contributed by atoms with Crippen molar-refractivity contribution in [2.24, 2.45) is 0 Å². The third-order valence-electron chi connectivity index (χ3n) is 4.36. The molecule has 108 valence electrons. The Bertz CT molecular complexity index is 580. The van der Waals surface area contributed by atoms with Crippen molar-refractivity contribution in [1.29, 1.82) is 0 Å². The number of aryl methyl sites for hydroxylation is 1. The van der Waals surface area contributed by atoms with Crippen molar-refractivity contribution < 1.29 is 0 Å². The Hall–Kier alpha value is -0.990. The van der Waals surface area contributed by atoms with Gasteiger partial charge in [-0.15, -0.1) is 0 Å². The Morgan fingerprint density at radius 1 is 1.10 bits per heavy atom. The summed E-state index contributed by atoms with van der Waals surface area (Å²) >= 11 is 6.39. The lowest BCUT2D eigenvalue weighted by Crippen LogP contribution is -2.23. The van der Waals surface area contributed by atoms with Crippen LogP contribution >= 0.6 is 11.6 Å². The van der Waals surface area contributed by atoms with Gasteiger partial charge in [0.15, 0.2) is 0 Å². The summed E-state index contributed by atoms with van der Waals surface area (Å²) in [7, 11) is 0. The molecule has 1 aliphatic heterocycles. The van der Waals surface area contributed by atoms with Crippen LogP contribution in [0.3, 0.4) is 0 Å². The van der Waals surface area contributed by atoms with E-state index >= 15 is 0 Å². The first-order valence-corrected chi connectivity index (χ1v) is 8.16. The fraction of sp³-hybridized carbons (Fsp3) is 0.529. The molecule has 1 saturated heterocycles. The van der Waals surface area contributed by atoms with Crippen LogP contribution in [0.4, 0.5) is 0 Å². The second kappa shape index (κ2) is 6.19. The van der Waals surface area contributed by atoms with Gasteiger partial charge in [0, 0.05) is 24.7 Å². The molecule has 0 radical (unpaired) electrons. The summed E-state index contributed by atoms with van der Waals surface area (Å²) in [5, 5.41) is 2.19. The number of aromatic nitrogens is 1. The first-order valence-electron chi connectivity index (χ1n) is 7.78. The van der Waals surface area contributed by atoms with Gasteiger partial charge in [0.25, 0.3) is 0 Å². The van der Waals surface area contributed by atoms with Crippen molar-refractivity contribution in [2.45, 2.75) is 45.7 Å². The fourth-order valence-electron chi connectivity index (χ4n) is 3.30. The van der Waals surface area contributed by atoms with Gasteiger partial charge < -0.3 is 4.57 Å². The standard InChI is InChI=1S/C17H23ClN2/c1-2-20-13-14(12-19-10-5-3-4-6-11-19)15-8-7-9-16(18)17(15)20/h7-9,13H,2-6,10-12H2,1H3. The first-order chi connectivity index (χ1) is 9.79. The number of para-hydroxylation sites is 1. The summed E-state index contributed by atoms with van der Waals surface area (Å²) < 4.78 is 2.28. The number of rotatable bonds is 3. The Balaban J connectivity index is 1.93. The average molecular weight is 291 g/mol. The molecule has 3 heteroatoms. The monoisotopic (exact) mass is 290 g/mol. The van der Waals surface area contributed by atoms with E-state index in [-0.39, 0.29) is 0 Å². The third-order valence-corrected chi connectivity index (χ3v) is 4.67. The normalized spacial score (nSPS) is 17.5. The Morgan fingerprint density at radius 2 is 1.85 bits per heavy atom. The number of fused-ring (bicyclic) bond motifs is 1. The second-order valence-corrected chi connectivity index (χ2v) is 6.17. The molecule has 0 unspecified atom stereocenters. The molecular formula is C17H23ClN2. The van der Waals surface area contributed by atoms with Gasteiger partial charge in [0.05, 0.1) is 10.5 Å². The maximum atomic E-state index is 6.39. The molecule has 0 saturated carbocycles. The minimum atomic E-state index is 0.867. The predicted molar refractivity (Wildman–Crippen MR) is 86.4 cm³/mol. The van der Waals surface area contributed by atoms with Crippen LogP contribution in [0.1, 0.15) is 38.2 Å². The van der Waals surface area contributed by atoms with E-state index in [4.69, 9.17) is 11.6 Å². The summed E-state index contributed by atoms with van der Waals surface area (Å²) in [5.41, 5.74) is 2.62. The molecule has 2 heterocycles. The Morgan fingerprint density at radius 3 is 2.55 bits per heavy atom. The Kier molecular flexibility index (Phi) is 4.32. The lowest BCUT2D eigenvalue weighted by atomic mass is 10.1. The quantitative estimate of drug-likeness (QED) is 0.796. The predicted octanol–water partition coefficient (Wildman–Crippen LogP) is 4.69. The highest BCUT2D eigenvalue weighted by molar-refractivity contribution is 6.35. The third kappa shape index (κ3) is 2.72. The van der Waals surface area contributed by atoms with Crippen LogP contribution in [-0.4, -0.2) is 22.6 Å². The number of hydrogen-bond donors (Lipinski definition) is 0. The molecule has 1 aromatic heterocycles. The average Bonchev–Trinajstić information content (AvgIpc) is 2.63. The number of benzene rings is 1. The van der Waals surface area contributed by atoms with Crippen LogP contribution in [0.25, 0.3) is 10.9 Å². The van der Waals surface area contributed by atoms with E-state index in [1.165, 1.54) is 55.2 Å². The van der Waals surface area contributed by atoms with Crippen LogP contribution in [0.15, 0.2) is 24.4 Å². The smallest absolute Gasteiger partial charge is 0.0672 e. The topological polar surface area (TPSA) is 8.17 Å². The summed E-state index contributed by atoms with van der Waals surface area (Å²) in [4.78, 5) is 2.60. The SMILES string of the molecule is CCn1cc(CN2CCCCCC2)c2cccc(Cl)c21. The molecule has 1 fully saturated rings. The highest BCUT2D eigenvalue weighted by atomic mass is 35.5. The van der Waals surface area contributed by atoms with Crippen molar-refractivity contribution in [1.82, 2.24) is 9.47 Å². The van der Waals surface area contributed by atoms with E-state index in [1.807, 2.05) is 6.07 Å². The number of halogens is 1. The molecule has 0 N–H and O–H groups in total. The molecule has 0 bridgehead atoms. The maximum Gasteiger partial charge on any atom is 0.0672 e. The molecule has 0 atom stereocenters. The molecule has 3 rings (SSSR count). The number of hydrogen-bond acceptors (Lipinski definition) is 1. The number of nitrogens with zero attached hydrogens (tertiary/aromatic N) is 2. The van der Waals surface area contributed by atoms with E-state index in [0.717, 1.165) is 18.1 Å². The second-order valence-electron chi connectivity index (χ2n) is 5.77. The van der Waals surface area contributed by atoms with E-state index < -0.39 is 0 Å². The van der Waals surface area contributed by atoms with Gasteiger partial charge in [-0.1, -0.05) is 36.6 Å². The molecule has 2 aromatic rings. The highest BCUT2D eigenvalue weighted by Gasteiger charge is 2.14. The maximum absolute atomic E-state index is 6.39. The minimum Gasteiger partial charge on any atom is -0.346 e. The molecule has 0 aliphatic carbocycles. The molecule has 0 spiro atoms. The lowest BCUT2D eigenvalue weighted by molar-refractivity contribution is 0.278. The largest absolute Gasteiger partial charge is 0.346 e. The highest BCUT2D eigenvalue weighted by Crippen LogP contribution is 2.29. The van der Waals surface area contributed by atoms with Gasteiger partial charge >= 0.3 is 0 Å². The van der Waals surface area contributed by atoms with Crippen LogP contribution in [0.5, 0.6) is 0 Å². The zero-order valence-electron chi connectivity index (χ0n) is 12.2. The number of likely N-dealkylation sites (tertiary alicyclic amines) is 1. The van der Waals surface area contributed by atoms with Crippen LogP contribution in [0, 0.1) is 0 Å². The zero-order valence-corrected chi connectivity index (χ0v) is 13.0. The minimum absolute atomic E-state index is 0.867. The lowest BCUT2D eigenvalue weighted by Gasteiger charge is -2.19.